The number of benzene rings is 1. The van der Waals surface area contributed by atoms with Gasteiger partial charge in [0.25, 0.3) is 0 Å². The second kappa shape index (κ2) is 3.23. The first-order chi connectivity index (χ1) is 6.63. The van der Waals surface area contributed by atoms with Crippen molar-refractivity contribution in [3.05, 3.63) is 35.9 Å². The van der Waals surface area contributed by atoms with Crippen LogP contribution in [0.15, 0.2) is 35.3 Å². The Hall–Kier alpha value is -1.11. The Bertz CT molecular complexity index is 353. The molecule has 74 valence electrons. The van der Waals surface area contributed by atoms with Crippen LogP contribution in [0.4, 0.5) is 0 Å². The van der Waals surface area contributed by atoms with Crippen molar-refractivity contribution in [1.82, 2.24) is 0 Å². The Morgan fingerprint density at radius 3 is 2.43 bits per heavy atom. The highest BCUT2D eigenvalue weighted by atomic mass is 14.9. The largest absolute Gasteiger partial charge is 0.290 e. The summed E-state index contributed by atoms with van der Waals surface area (Å²) in [5, 5.41) is 0. The minimum Gasteiger partial charge on any atom is -0.290 e. The standard InChI is InChI=1S/C13H17N/c1-10-9-13(3,11(2)14-10)12-7-5-4-6-8-12/h4-8,11H,9H2,1-3H3/t11-,13-/m0/s1. The van der Waals surface area contributed by atoms with E-state index in [9.17, 15) is 0 Å². The summed E-state index contributed by atoms with van der Waals surface area (Å²) >= 11 is 0. The molecule has 0 spiro atoms. The van der Waals surface area contributed by atoms with Crippen LogP contribution in [0.1, 0.15) is 32.8 Å². The fourth-order valence-corrected chi connectivity index (χ4v) is 2.36. The lowest BCUT2D eigenvalue weighted by atomic mass is 9.75. The molecule has 0 aliphatic carbocycles. The molecule has 2 atom stereocenters. The lowest BCUT2D eigenvalue weighted by Crippen LogP contribution is -2.29. The van der Waals surface area contributed by atoms with E-state index < -0.39 is 0 Å². The zero-order chi connectivity index (χ0) is 10.2. The van der Waals surface area contributed by atoms with Crippen LogP contribution in [0.3, 0.4) is 0 Å². The molecule has 0 radical (unpaired) electrons. The Kier molecular flexibility index (Phi) is 2.18. The van der Waals surface area contributed by atoms with Crippen molar-refractivity contribution >= 4 is 5.71 Å². The number of nitrogens with zero attached hydrogens (tertiary/aromatic N) is 1. The van der Waals surface area contributed by atoms with E-state index in [0.717, 1.165) is 6.42 Å². The summed E-state index contributed by atoms with van der Waals surface area (Å²) in [4.78, 5) is 4.64. The molecule has 0 amide bonds. The van der Waals surface area contributed by atoms with Gasteiger partial charge in [-0.1, -0.05) is 37.3 Å². The Labute approximate surface area is 85.9 Å². The van der Waals surface area contributed by atoms with E-state index in [1.54, 1.807) is 0 Å². The van der Waals surface area contributed by atoms with Crippen LogP contribution < -0.4 is 0 Å². The van der Waals surface area contributed by atoms with Gasteiger partial charge in [-0.3, -0.25) is 4.99 Å². The van der Waals surface area contributed by atoms with E-state index in [1.807, 2.05) is 0 Å². The van der Waals surface area contributed by atoms with Crippen LogP contribution in [-0.4, -0.2) is 11.8 Å². The third kappa shape index (κ3) is 1.37. The predicted molar refractivity (Wildman–Crippen MR) is 61.0 cm³/mol. The van der Waals surface area contributed by atoms with Crippen molar-refractivity contribution in [2.45, 2.75) is 38.6 Å². The van der Waals surface area contributed by atoms with Gasteiger partial charge < -0.3 is 0 Å². The van der Waals surface area contributed by atoms with Gasteiger partial charge in [-0.05, 0) is 25.8 Å². The van der Waals surface area contributed by atoms with Gasteiger partial charge in [0.1, 0.15) is 0 Å². The zero-order valence-corrected chi connectivity index (χ0v) is 9.12. The molecule has 0 bridgehead atoms. The number of hydrogen-bond acceptors (Lipinski definition) is 1. The molecule has 1 heterocycles. The maximum absolute atomic E-state index is 4.64. The van der Waals surface area contributed by atoms with Crippen LogP contribution in [0.2, 0.25) is 0 Å². The van der Waals surface area contributed by atoms with Crippen LogP contribution in [0.5, 0.6) is 0 Å². The summed E-state index contributed by atoms with van der Waals surface area (Å²) in [6.07, 6.45) is 1.10. The van der Waals surface area contributed by atoms with E-state index in [2.05, 4.69) is 56.1 Å². The minimum absolute atomic E-state index is 0.214. The van der Waals surface area contributed by atoms with E-state index in [0.29, 0.717) is 6.04 Å². The Balaban J connectivity index is 2.36. The van der Waals surface area contributed by atoms with Gasteiger partial charge in [0.15, 0.2) is 0 Å². The molecule has 1 aliphatic rings. The highest BCUT2D eigenvalue weighted by Crippen LogP contribution is 2.37. The van der Waals surface area contributed by atoms with Crippen molar-refractivity contribution in [1.29, 1.82) is 0 Å². The normalized spacial score (nSPS) is 31.6. The monoisotopic (exact) mass is 187 g/mol. The highest BCUT2D eigenvalue weighted by molar-refractivity contribution is 5.85. The molecule has 0 unspecified atom stereocenters. The van der Waals surface area contributed by atoms with Crippen molar-refractivity contribution in [3.63, 3.8) is 0 Å². The highest BCUT2D eigenvalue weighted by Gasteiger charge is 2.37. The van der Waals surface area contributed by atoms with Crippen LogP contribution in [0, 0.1) is 0 Å². The number of rotatable bonds is 1. The second-order valence-corrected chi connectivity index (χ2v) is 4.50. The summed E-state index contributed by atoms with van der Waals surface area (Å²) in [6, 6.07) is 11.1. The van der Waals surface area contributed by atoms with E-state index in [-0.39, 0.29) is 5.41 Å². The third-order valence-corrected chi connectivity index (χ3v) is 3.39. The quantitative estimate of drug-likeness (QED) is 0.640. The molecule has 1 aliphatic heterocycles. The van der Waals surface area contributed by atoms with Gasteiger partial charge >= 0.3 is 0 Å². The molecule has 0 saturated carbocycles. The van der Waals surface area contributed by atoms with Crippen molar-refractivity contribution < 1.29 is 0 Å². The Morgan fingerprint density at radius 2 is 1.93 bits per heavy atom. The smallest absolute Gasteiger partial charge is 0.0568 e. The van der Waals surface area contributed by atoms with Crippen molar-refractivity contribution in [2.24, 2.45) is 4.99 Å². The topological polar surface area (TPSA) is 12.4 Å². The molecular formula is C13H17N. The summed E-state index contributed by atoms with van der Waals surface area (Å²) in [5.41, 5.74) is 2.91. The lowest BCUT2D eigenvalue weighted by molar-refractivity contribution is 0.439. The molecule has 0 fully saturated rings. The second-order valence-electron chi connectivity index (χ2n) is 4.50. The average Bonchev–Trinajstić information content (AvgIpc) is 2.43. The molecule has 0 aromatic heterocycles. The van der Waals surface area contributed by atoms with Gasteiger partial charge in [0, 0.05) is 11.1 Å². The van der Waals surface area contributed by atoms with E-state index in [4.69, 9.17) is 0 Å². The van der Waals surface area contributed by atoms with Gasteiger partial charge in [-0.2, -0.15) is 0 Å². The molecular weight excluding hydrogens is 170 g/mol. The third-order valence-electron chi connectivity index (χ3n) is 3.39. The summed E-state index contributed by atoms with van der Waals surface area (Å²) in [6.45, 7) is 6.65. The molecule has 0 N–H and O–H groups in total. The molecule has 1 aromatic carbocycles. The van der Waals surface area contributed by atoms with E-state index in [1.165, 1.54) is 11.3 Å². The SMILES string of the molecule is CC1=N[C@@H](C)[C@@](C)(c2ccccc2)C1. The predicted octanol–water partition coefficient (Wildman–Crippen LogP) is 3.20. The maximum Gasteiger partial charge on any atom is 0.0568 e. The summed E-state index contributed by atoms with van der Waals surface area (Å²) < 4.78 is 0. The summed E-state index contributed by atoms with van der Waals surface area (Å²) in [7, 11) is 0. The van der Waals surface area contributed by atoms with Gasteiger partial charge in [-0.15, -0.1) is 0 Å². The first kappa shape index (κ1) is 9.45. The van der Waals surface area contributed by atoms with E-state index >= 15 is 0 Å². The summed E-state index contributed by atoms with van der Waals surface area (Å²) in [5.74, 6) is 0. The molecule has 0 saturated heterocycles. The van der Waals surface area contributed by atoms with Crippen molar-refractivity contribution in [2.75, 3.05) is 0 Å². The van der Waals surface area contributed by atoms with Gasteiger partial charge in [0.2, 0.25) is 0 Å². The van der Waals surface area contributed by atoms with Crippen LogP contribution in [-0.2, 0) is 5.41 Å². The minimum atomic E-state index is 0.214. The van der Waals surface area contributed by atoms with Crippen LogP contribution >= 0.6 is 0 Å². The molecule has 1 aromatic rings. The van der Waals surface area contributed by atoms with Gasteiger partial charge in [0.05, 0.1) is 6.04 Å². The first-order valence-corrected chi connectivity index (χ1v) is 5.22. The molecule has 1 heteroatoms. The maximum atomic E-state index is 4.64. The first-order valence-electron chi connectivity index (χ1n) is 5.22. The molecule has 14 heavy (non-hydrogen) atoms. The lowest BCUT2D eigenvalue weighted by Gasteiger charge is -2.28. The Morgan fingerprint density at radius 1 is 1.29 bits per heavy atom. The van der Waals surface area contributed by atoms with Crippen LogP contribution in [0.25, 0.3) is 0 Å². The molecule has 1 nitrogen and oxygen atoms in total. The van der Waals surface area contributed by atoms with Crippen molar-refractivity contribution in [3.8, 4) is 0 Å². The molecule has 2 rings (SSSR count). The fraction of sp³-hybridized carbons (Fsp3) is 0.462. The number of aliphatic imine (C=N–C) groups is 1. The fourth-order valence-electron chi connectivity index (χ4n) is 2.36. The average molecular weight is 187 g/mol. The van der Waals surface area contributed by atoms with Gasteiger partial charge in [-0.25, -0.2) is 0 Å². The number of hydrogen-bond donors (Lipinski definition) is 0. The zero-order valence-electron chi connectivity index (χ0n) is 9.12.